The molecule has 5 nitrogen and oxygen atoms in total. The van der Waals surface area contributed by atoms with E-state index < -0.39 is 0 Å². The van der Waals surface area contributed by atoms with Gasteiger partial charge >= 0.3 is 0 Å². The van der Waals surface area contributed by atoms with Gasteiger partial charge < -0.3 is 4.74 Å². The van der Waals surface area contributed by atoms with Crippen molar-refractivity contribution in [3.63, 3.8) is 0 Å². The molecule has 7 heteroatoms. The Morgan fingerprint density at radius 1 is 1.33 bits per heavy atom. The van der Waals surface area contributed by atoms with Crippen molar-refractivity contribution in [3.8, 4) is 0 Å². The Balaban J connectivity index is 1.59. The lowest BCUT2D eigenvalue weighted by Crippen LogP contribution is -2.44. The van der Waals surface area contributed by atoms with Gasteiger partial charge in [-0.15, -0.1) is 11.3 Å². The van der Waals surface area contributed by atoms with Gasteiger partial charge in [-0.3, -0.25) is 15.0 Å². The molecule has 1 aliphatic heterocycles. The van der Waals surface area contributed by atoms with E-state index in [4.69, 9.17) is 4.74 Å². The average Bonchev–Trinajstić information content (AvgIpc) is 2.93. The third kappa shape index (κ3) is 4.63. The van der Waals surface area contributed by atoms with Crippen molar-refractivity contribution in [2.75, 3.05) is 18.4 Å². The van der Waals surface area contributed by atoms with E-state index in [9.17, 15) is 4.79 Å². The van der Waals surface area contributed by atoms with Crippen LogP contribution < -0.4 is 5.32 Å². The fraction of sp³-hybridized carbons (Fsp3) is 0.412. The van der Waals surface area contributed by atoms with Gasteiger partial charge in [0.05, 0.1) is 17.9 Å². The van der Waals surface area contributed by atoms with Gasteiger partial charge in [-0.25, -0.2) is 4.98 Å². The lowest BCUT2D eigenvalue weighted by molar-refractivity contribution is -0.0707. The van der Waals surface area contributed by atoms with Crippen molar-refractivity contribution in [2.24, 2.45) is 0 Å². The van der Waals surface area contributed by atoms with Gasteiger partial charge in [0, 0.05) is 35.1 Å². The number of morpholine rings is 1. The highest BCUT2D eigenvalue weighted by atomic mass is 79.9. The van der Waals surface area contributed by atoms with E-state index in [0.717, 1.165) is 29.8 Å². The summed E-state index contributed by atoms with van der Waals surface area (Å²) in [5.74, 6) is -0.142. The van der Waals surface area contributed by atoms with E-state index >= 15 is 0 Å². The minimum absolute atomic E-state index is 0.142. The quantitative estimate of drug-likeness (QED) is 0.834. The zero-order chi connectivity index (χ0) is 17.1. The second kappa shape index (κ2) is 7.74. The Morgan fingerprint density at radius 2 is 2.00 bits per heavy atom. The maximum atomic E-state index is 12.2. The number of rotatable bonds is 4. The first kappa shape index (κ1) is 17.5. The molecule has 0 aliphatic carbocycles. The summed E-state index contributed by atoms with van der Waals surface area (Å²) in [6.45, 7) is 6.77. The SMILES string of the molecule is CC1CN(Cc2csc(NC(=O)c3ccc(Br)cc3)n2)CC(C)O1. The van der Waals surface area contributed by atoms with Gasteiger partial charge in [0.1, 0.15) is 0 Å². The van der Waals surface area contributed by atoms with E-state index in [1.165, 1.54) is 11.3 Å². The van der Waals surface area contributed by atoms with Crippen molar-refractivity contribution in [3.05, 3.63) is 45.4 Å². The van der Waals surface area contributed by atoms with E-state index in [2.05, 4.69) is 45.0 Å². The third-order valence-corrected chi connectivity index (χ3v) is 5.09. The van der Waals surface area contributed by atoms with Crippen LogP contribution in [0.3, 0.4) is 0 Å². The van der Waals surface area contributed by atoms with Crippen molar-refractivity contribution >= 4 is 38.3 Å². The van der Waals surface area contributed by atoms with Crippen LogP contribution in [0.25, 0.3) is 0 Å². The number of halogens is 1. The number of carbonyl (C=O) groups is 1. The van der Waals surface area contributed by atoms with Crippen LogP contribution in [-0.2, 0) is 11.3 Å². The van der Waals surface area contributed by atoms with Gasteiger partial charge in [0.15, 0.2) is 5.13 Å². The van der Waals surface area contributed by atoms with Gasteiger partial charge in [0.2, 0.25) is 0 Å². The van der Waals surface area contributed by atoms with Crippen LogP contribution in [0.2, 0.25) is 0 Å². The van der Waals surface area contributed by atoms with Crippen molar-refractivity contribution < 1.29 is 9.53 Å². The topological polar surface area (TPSA) is 54.5 Å². The minimum Gasteiger partial charge on any atom is -0.373 e. The highest BCUT2D eigenvalue weighted by Gasteiger charge is 2.22. The standard InChI is InChI=1S/C17H20BrN3O2S/c1-11-7-21(8-12(2)23-11)9-15-10-24-17(19-15)20-16(22)13-3-5-14(18)6-4-13/h3-6,10-12H,7-9H2,1-2H3,(H,19,20,22). The second-order valence-electron chi connectivity index (χ2n) is 6.06. The summed E-state index contributed by atoms with van der Waals surface area (Å²) in [6.07, 6.45) is 0.480. The molecular weight excluding hydrogens is 390 g/mol. The third-order valence-electron chi connectivity index (χ3n) is 3.76. The molecule has 1 amide bonds. The molecule has 0 spiro atoms. The van der Waals surface area contributed by atoms with Gasteiger partial charge in [0.25, 0.3) is 5.91 Å². The van der Waals surface area contributed by atoms with Crippen LogP contribution in [0.1, 0.15) is 29.9 Å². The maximum Gasteiger partial charge on any atom is 0.257 e. The fourth-order valence-corrected chi connectivity index (χ4v) is 3.81. The monoisotopic (exact) mass is 409 g/mol. The number of carbonyl (C=O) groups excluding carboxylic acids is 1. The number of nitrogens with zero attached hydrogens (tertiary/aromatic N) is 2. The van der Waals surface area contributed by atoms with Crippen LogP contribution in [0.5, 0.6) is 0 Å². The molecule has 2 atom stereocenters. The summed E-state index contributed by atoms with van der Waals surface area (Å²) in [6, 6.07) is 7.26. The molecule has 2 unspecified atom stereocenters. The normalized spacial score (nSPS) is 21.6. The predicted octanol–water partition coefficient (Wildman–Crippen LogP) is 3.77. The van der Waals surface area contributed by atoms with E-state index in [1.807, 2.05) is 17.5 Å². The van der Waals surface area contributed by atoms with Crippen molar-refractivity contribution in [1.29, 1.82) is 0 Å². The van der Waals surface area contributed by atoms with Crippen LogP contribution in [0.15, 0.2) is 34.1 Å². The molecule has 2 aromatic rings. The Kier molecular flexibility index (Phi) is 5.65. The highest BCUT2D eigenvalue weighted by molar-refractivity contribution is 9.10. The van der Waals surface area contributed by atoms with E-state index in [1.54, 1.807) is 12.1 Å². The molecule has 1 saturated heterocycles. The van der Waals surface area contributed by atoms with Gasteiger partial charge in [-0.1, -0.05) is 15.9 Å². The van der Waals surface area contributed by atoms with Gasteiger partial charge in [-0.2, -0.15) is 0 Å². The van der Waals surface area contributed by atoms with Crippen molar-refractivity contribution in [2.45, 2.75) is 32.6 Å². The smallest absolute Gasteiger partial charge is 0.257 e. The summed E-state index contributed by atoms with van der Waals surface area (Å²) >= 11 is 4.82. The summed E-state index contributed by atoms with van der Waals surface area (Å²) < 4.78 is 6.70. The molecular formula is C17H20BrN3O2S. The van der Waals surface area contributed by atoms with Crippen LogP contribution in [0.4, 0.5) is 5.13 Å². The van der Waals surface area contributed by atoms with Crippen LogP contribution in [-0.4, -0.2) is 41.1 Å². The molecule has 128 valence electrons. The Morgan fingerprint density at radius 3 is 2.67 bits per heavy atom. The largest absolute Gasteiger partial charge is 0.373 e. The molecule has 1 aromatic carbocycles. The number of hydrogen-bond acceptors (Lipinski definition) is 5. The number of thiazole rings is 1. The van der Waals surface area contributed by atoms with Gasteiger partial charge in [-0.05, 0) is 38.1 Å². The van der Waals surface area contributed by atoms with Crippen LogP contribution >= 0.6 is 27.3 Å². The van der Waals surface area contributed by atoms with E-state index in [0.29, 0.717) is 10.7 Å². The molecule has 1 N–H and O–H groups in total. The summed E-state index contributed by atoms with van der Waals surface area (Å²) in [5, 5.41) is 5.50. The number of hydrogen-bond donors (Lipinski definition) is 1. The summed E-state index contributed by atoms with van der Waals surface area (Å²) in [5.41, 5.74) is 1.60. The maximum absolute atomic E-state index is 12.2. The lowest BCUT2D eigenvalue weighted by atomic mass is 10.2. The predicted molar refractivity (Wildman–Crippen MR) is 99.5 cm³/mol. The summed E-state index contributed by atoms with van der Waals surface area (Å²) in [7, 11) is 0. The zero-order valence-electron chi connectivity index (χ0n) is 13.7. The minimum atomic E-state index is -0.142. The number of amides is 1. The average molecular weight is 410 g/mol. The van der Waals surface area contributed by atoms with E-state index in [-0.39, 0.29) is 18.1 Å². The molecule has 0 radical (unpaired) electrons. The Hall–Kier alpha value is -1.28. The first-order chi connectivity index (χ1) is 11.5. The Labute approximate surface area is 154 Å². The molecule has 1 fully saturated rings. The van der Waals surface area contributed by atoms with Crippen molar-refractivity contribution in [1.82, 2.24) is 9.88 Å². The number of nitrogens with one attached hydrogen (secondary N) is 1. The molecule has 24 heavy (non-hydrogen) atoms. The lowest BCUT2D eigenvalue weighted by Gasteiger charge is -2.34. The Bertz CT molecular complexity index is 694. The first-order valence-electron chi connectivity index (χ1n) is 7.89. The molecule has 0 saturated carbocycles. The molecule has 1 aromatic heterocycles. The number of aromatic nitrogens is 1. The second-order valence-corrected chi connectivity index (χ2v) is 7.83. The molecule has 0 bridgehead atoms. The number of anilines is 1. The first-order valence-corrected chi connectivity index (χ1v) is 9.56. The highest BCUT2D eigenvalue weighted by Crippen LogP contribution is 2.20. The number of benzene rings is 1. The fourth-order valence-electron chi connectivity index (χ4n) is 2.85. The van der Waals surface area contributed by atoms with Crippen LogP contribution in [0, 0.1) is 0 Å². The summed E-state index contributed by atoms with van der Waals surface area (Å²) in [4.78, 5) is 19.1. The molecule has 3 rings (SSSR count). The number of ether oxygens (including phenoxy) is 1. The molecule has 2 heterocycles. The molecule has 1 aliphatic rings. The zero-order valence-corrected chi connectivity index (χ0v) is 16.1.